The summed E-state index contributed by atoms with van der Waals surface area (Å²) in [6.07, 6.45) is 1.08. The second-order valence-electron chi connectivity index (χ2n) is 8.11. The Kier molecular flexibility index (Phi) is 309. The quantitative estimate of drug-likeness (QED) is 0.300. The molecule has 0 aliphatic rings. The first kappa shape index (κ1) is 125. The summed E-state index contributed by atoms with van der Waals surface area (Å²) < 4.78 is 37.8. The number of hydrogen-bond acceptors (Lipinski definition) is 10. The Balaban J connectivity index is -0.0000000143. The maximum atomic E-state index is 9.88. The van der Waals surface area contributed by atoms with Gasteiger partial charge in [0.15, 0.2) is 0 Å². The van der Waals surface area contributed by atoms with Crippen molar-refractivity contribution in [3.8, 4) is 0 Å². The standard InChI is InChI=1S/2C6H6.C4H10NO2S.2C3H9N.C3H6O.3C2H6.CH3O2S.11Y/c2*1-2-4-6-5-3-1;1-5(2)3-4-8(6)7;2*1-4(2)3;1-3(2)4;3*1-2;1-4(2)3;;;;;;;;;;;/h2*1-6H;3-4H2,1-2H3;2*1-3H3;1-2H3;3*1-2H3;1H3;;;;;;;;;;;/q;;-1;;;;;;;-1;;;;;;;;;;;. The molecule has 0 atom stereocenters. The third-order valence-electron chi connectivity index (χ3n) is 2.04. The molecule has 2 rings (SSSR count). The van der Waals surface area contributed by atoms with Crippen LogP contribution < -0.4 is 0 Å². The molecule has 21 heteroatoms. The molecule has 8 nitrogen and oxygen atoms in total. The van der Waals surface area contributed by atoms with Gasteiger partial charge in [0, 0.05) is 360 Å². The van der Waals surface area contributed by atoms with Gasteiger partial charge in [-0.2, -0.15) is 0 Å². The van der Waals surface area contributed by atoms with Crippen LogP contribution in [0.2, 0.25) is 0 Å². The van der Waals surface area contributed by atoms with Gasteiger partial charge in [0.25, 0.3) is 0 Å². The van der Waals surface area contributed by atoms with Gasteiger partial charge >= 0.3 is 0 Å². The normalized spacial score (nSPS) is 6.30. The first-order chi connectivity index (χ1) is 19.6. The summed E-state index contributed by atoms with van der Waals surface area (Å²) in [6.45, 7) is 15.7. The number of ketones is 1. The van der Waals surface area contributed by atoms with Crippen LogP contribution in [0.5, 0.6) is 0 Å². The molecule has 0 aliphatic carbocycles. The van der Waals surface area contributed by atoms with Gasteiger partial charge in [-0.15, -0.1) is 0 Å². The van der Waals surface area contributed by atoms with E-state index in [0.717, 1.165) is 6.26 Å². The SMILES string of the molecule is CC.CC.CC.CC(C)=O.CN(C)C.CN(C)C.CN(C)CC[S-](=O)=O.C[S-](=O)=O.[Y].[Y].[Y].[Y].[Y].[Y].[Y].[Y].[Y].[Y].[Y].c1ccccc1.c1ccccc1. The summed E-state index contributed by atoms with van der Waals surface area (Å²) in [7, 11) is 11.9. The summed E-state index contributed by atoms with van der Waals surface area (Å²) in [6, 6.07) is 24.0. The van der Waals surface area contributed by atoms with E-state index in [1.165, 1.54) is 13.8 Å². The van der Waals surface area contributed by atoms with Gasteiger partial charge in [0.05, 0.1) is 0 Å². The van der Waals surface area contributed by atoms with Gasteiger partial charge in [0.2, 0.25) is 0 Å². The maximum Gasteiger partial charge on any atom is 0.126 e. The molecule has 0 bridgehead atoms. The molecule has 11 radical (unpaired) electrons. The van der Waals surface area contributed by atoms with Crippen LogP contribution in [0.4, 0.5) is 0 Å². The zero-order valence-corrected chi connectivity index (χ0v) is 69.2. The number of carbonyl (C=O) groups excluding carboxylic acids is 1. The molecule has 0 fully saturated rings. The Morgan fingerprint density at radius 3 is 0.547 bits per heavy atom. The molecular weight excluding hydrogens is 1550 g/mol. The van der Waals surface area contributed by atoms with E-state index in [1.54, 1.807) is 0 Å². The van der Waals surface area contributed by atoms with E-state index in [0.29, 0.717) is 6.54 Å². The summed E-state index contributed by atoms with van der Waals surface area (Å²) in [5.41, 5.74) is 0. The molecule has 0 unspecified atom stereocenters. The molecule has 2 aromatic rings. The van der Waals surface area contributed by atoms with Crippen LogP contribution in [-0.4, -0.2) is 95.4 Å². The smallest absolute Gasteiger partial charge is 0.126 e. The molecule has 53 heavy (non-hydrogen) atoms. The molecule has 2 aromatic carbocycles. The minimum atomic E-state index is -1.88. The van der Waals surface area contributed by atoms with E-state index in [2.05, 4.69) is 0 Å². The monoisotopic (exact) mass is 1620 g/mol. The number of rotatable bonds is 3. The average molecular weight is 1620 g/mol. The third kappa shape index (κ3) is 306. The Morgan fingerprint density at radius 2 is 0.509 bits per heavy atom. The third-order valence-corrected chi connectivity index (χ3v) is 2.55. The molecule has 0 N–H and O–H groups in total. The molecule has 0 spiro atoms. The Bertz CT molecular complexity index is 723. The zero-order chi connectivity index (χ0) is 35.4. The molecule has 0 aliphatic heterocycles. The van der Waals surface area contributed by atoms with Crippen LogP contribution in [0.15, 0.2) is 72.8 Å². The molecule has 0 saturated heterocycles. The number of hydrogen-bond donors (Lipinski definition) is 0. The van der Waals surface area contributed by atoms with Crippen LogP contribution in [0, 0.1) is 0 Å². The number of nitrogens with zero attached hydrogens (tertiary/aromatic N) is 3. The first-order valence-electron chi connectivity index (χ1n) is 14.0. The Labute approximate surface area is 611 Å². The van der Waals surface area contributed by atoms with Crippen molar-refractivity contribution in [3.05, 3.63) is 72.8 Å². The predicted octanol–water partition coefficient (Wildman–Crippen LogP) is 7.16. The van der Waals surface area contributed by atoms with Crippen molar-refractivity contribution in [2.45, 2.75) is 55.4 Å². The molecule has 0 amide bonds. The van der Waals surface area contributed by atoms with Gasteiger partial charge < -0.3 is 36.3 Å². The van der Waals surface area contributed by atoms with Crippen LogP contribution in [0.3, 0.4) is 0 Å². The van der Waals surface area contributed by atoms with Gasteiger partial charge in [-0.1, -0.05) is 148 Å². The van der Waals surface area contributed by atoms with E-state index in [9.17, 15) is 13.2 Å². The van der Waals surface area contributed by atoms with Crippen LogP contribution in [0.1, 0.15) is 55.4 Å². The maximum absolute atomic E-state index is 9.88. The first-order valence-corrected chi connectivity index (χ1v) is 16.7. The van der Waals surface area contributed by atoms with Crippen molar-refractivity contribution in [1.29, 1.82) is 0 Å². The molecule has 0 aromatic heterocycles. The minimum Gasteiger partial charge on any atom is -0.424 e. The Hall–Kier alpha value is 10.0. The second kappa shape index (κ2) is 131. The van der Waals surface area contributed by atoms with Crippen LogP contribution >= 0.6 is 0 Å². The largest absolute Gasteiger partial charge is 0.424 e. The van der Waals surface area contributed by atoms with E-state index in [4.69, 9.17) is 8.42 Å². The molecule has 0 heterocycles. The van der Waals surface area contributed by atoms with E-state index < -0.39 is 21.4 Å². The van der Waals surface area contributed by atoms with Gasteiger partial charge in [0.1, 0.15) is 5.78 Å². The van der Waals surface area contributed by atoms with E-state index in [1.807, 2.05) is 185 Å². The van der Waals surface area contributed by atoms with Gasteiger partial charge in [-0.05, 0) is 76.8 Å². The molecule has 287 valence electrons. The summed E-state index contributed by atoms with van der Waals surface area (Å²) in [5.74, 6) is 0.396. The Morgan fingerprint density at radius 1 is 0.415 bits per heavy atom. The summed E-state index contributed by atoms with van der Waals surface area (Å²) in [5, 5.41) is 0. The van der Waals surface area contributed by atoms with Crippen LogP contribution in [0.25, 0.3) is 0 Å². The van der Waals surface area contributed by atoms with Crippen molar-refractivity contribution in [3.63, 3.8) is 0 Å². The number of benzene rings is 2. The van der Waals surface area contributed by atoms with Gasteiger partial charge in [-0.25, -0.2) is 0 Å². The summed E-state index contributed by atoms with van der Waals surface area (Å²) in [4.78, 5) is 15.3. The average Bonchev–Trinajstić information content (AvgIpc) is 2.92. The van der Waals surface area contributed by atoms with Gasteiger partial charge in [-0.3, -0.25) is 0 Å². The minimum absolute atomic E-state index is 0. The number of carbonyl (C=O) groups is 1. The molecular formula is C32H67N3O5S2Y11-2. The van der Waals surface area contributed by atoms with Crippen LogP contribution in [-0.2, 0) is 403 Å². The summed E-state index contributed by atoms with van der Waals surface area (Å²) >= 11 is 0. The predicted molar refractivity (Wildman–Crippen MR) is 189 cm³/mol. The van der Waals surface area contributed by atoms with E-state index in [-0.39, 0.29) is 371 Å². The van der Waals surface area contributed by atoms with Crippen molar-refractivity contribution in [2.75, 3.05) is 74.9 Å². The molecule has 0 saturated carbocycles. The second-order valence-corrected chi connectivity index (χ2v) is 9.93. The van der Waals surface area contributed by atoms with E-state index >= 15 is 0 Å². The fourth-order valence-corrected chi connectivity index (χ4v) is 1.54. The topological polar surface area (TPSA) is 95.1 Å². The fourth-order valence-electron chi connectivity index (χ4n) is 1.03. The van der Waals surface area contributed by atoms with Crippen molar-refractivity contribution >= 4 is 27.2 Å². The fraction of sp³-hybridized carbons (Fsp3) is 0.594. The van der Waals surface area contributed by atoms with Crippen molar-refractivity contribution in [2.24, 2.45) is 0 Å². The van der Waals surface area contributed by atoms with Crippen molar-refractivity contribution < 1.29 is 381 Å². The van der Waals surface area contributed by atoms with Crippen molar-refractivity contribution in [1.82, 2.24) is 14.7 Å². The number of Topliss-reactive ketones (excluding diaryl/α,β-unsaturated/α-hetero) is 1. The zero-order valence-electron chi connectivity index (χ0n) is 36.4.